The molecule has 0 radical (unpaired) electrons. The van der Waals surface area contributed by atoms with Crippen LogP contribution >= 0.6 is 11.6 Å². The molecule has 0 aromatic heterocycles. The molecule has 3 aromatic carbocycles. The van der Waals surface area contributed by atoms with Crippen LogP contribution in [0.1, 0.15) is 28.4 Å². The maximum Gasteiger partial charge on any atom is 0.363 e. The van der Waals surface area contributed by atoms with Crippen LogP contribution in [0.4, 0.5) is 0 Å². The SMILES string of the molecule is CCOc1cc(C=C2N=C(c3cccc(OC)c3)OC2=O)ccc1OC(=O)c1ccccc1Cl. The molecule has 1 aliphatic rings. The van der Waals surface area contributed by atoms with Crippen molar-refractivity contribution in [3.05, 3.63) is 94.1 Å². The molecule has 0 bridgehead atoms. The molecule has 0 unspecified atom stereocenters. The van der Waals surface area contributed by atoms with Gasteiger partial charge in [-0.3, -0.25) is 0 Å². The third kappa shape index (κ3) is 5.10. The average Bonchev–Trinajstić information content (AvgIpc) is 3.21. The second-order valence-electron chi connectivity index (χ2n) is 7.08. The summed E-state index contributed by atoms with van der Waals surface area (Å²) in [6, 6.07) is 18.6. The number of hydrogen-bond donors (Lipinski definition) is 0. The van der Waals surface area contributed by atoms with E-state index in [2.05, 4.69) is 4.99 Å². The fourth-order valence-electron chi connectivity index (χ4n) is 3.20. The number of rotatable bonds is 7. The van der Waals surface area contributed by atoms with E-state index in [4.69, 9.17) is 30.5 Å². The maximum atomic E-state index is 12.6. The Morgan fingerprint density at radius 1 is 1.06 bits per heavy atom. The minimum atomic E-state index is -0.607. The Morgan fingerprint density at radius 3 is 2.65 bits per heavy atom. The molecule has 8 heteroatoms. The fraction of sp³-hybridized carbons (Fsp3) is 0.115. The molecule has 0 atom stereocenters. The number of nitrogens with zero attached hydrogens (tertiary/aromatic N) is 1. The van der Waals surface area contributed by atoms with Gasteiger partial charge in [0.05, 0.1) is 24.3 Å². The van der Waals surface area contributed by atoms with Crippen LogP contribution in [0.2, 0.25) is 5.02 Å². The molecule has 1 heterocycles. The summed E-state index contributed by atoms with van der Waals surface area (Å²) in [6.07, 6.45) is 1.57. The molecule has 34 heavy (non-hydrogen) atoms. The molecular formula is C26H20ClNO6. The Bertz CT molecular complexity index is 1310. The van der Waals surface area contributed by atoms with E-state index in [0.29, 0.717) is 29.2 Å². The van der Waals surface area contributed by atoms with E-state index in [0.717, 1.165) is 0 Å². The van der Waals surface area contributed by atoms with Crippen molar-refractivity contribution in [3.63, 3.8) is 0 Å². The molecule has 0 aliphatic carbocycles. The number of ether oxygens (including phenoxy) is 4. The number of carbonyl (C=O) groups excluding carboxylic acids is 2. The van der Waals surface area contributed by atoms with E-state index in [9.17, 15) is 9.59 Å². The third-order valence-electron chi connectivity index (χ3n) is 4.80. The normalized spacial score (nSPS) is 13.9. The van der Waals surface area contributed by atoms with Crippen molar-refractivity contribution in [1.82, 2.24) is 0 Å². The zero-order valence-electron chi connectivity index (χ0n) is 18.4. The highest BCUT2D eigenvalue weighted by atomic mass is 35.5. The Hall–Kier alpha value is -4.10. The lowest BCUT2D eigenvalue weighted by molar-refractivity contribution is -0.129. The standard InChI is InChI=1S/C26H20ClNO6/c1-3-32-23-14-16(11-12-22(23)33-25(29)19-9-4-5-10-20(19)27)13-21-26(30)34-24(28-21)17-7-6-8-18(15-17)31-2/h4-15H,3H2,1-2H3. The lowest BCUT2D eigenvalue weighted by Gasteiger charge is -2.12. The van der Waals surface area contributed by atoms with Crippen molar-refractivity contribution < 1.29 is 28.5 Å². The maximum absolute atomic E-state index is 12.6. The van der Waals surface area contributed by atoms with Gasteiger partial charge < -0.3 is 18.9 Å². The van der Waals surface area contributed by atoms with E-state index in [1.165, 1.54) is 0 Å². The zero-order valence-corrected chi connectivity index (χ0v) is 19.2. The Labute approximate surface area is 201 Å². The van der Waals surface area contributed by atoms with Gasteiger partial charge in [0.2, 0.25) is 5.90 Å². The summed E-state index contributed by atoms with van der Waals surface area (Å²) in [6.45, 7) is 2.15. The van der Waals surface area contributed by atoms with Gasteiger partial charge in [0, 0.05) is 5.56 Å². The zero-order chi connectivity index (χ0) is 24.1. The van der Waals surface area contributed by atoms with Crippen LogP contribution in [0.5, 0.6) is 17.2 Å². The van der Waals surface area contributed by atoms with Crippen LogP contribution in [0.25, 0.3) is 6.08 Å². The summed E-state index contributed by atoms with van der Waals surface area (Å²) in [5.74, 6) is 0.182. The lowest BCUT2D eigenvalue weighted by Crippen LogP contribution is -2.10. The van der Waals surface area contributed by atoms with Gasteiger partial charge in [-0.15, -0.1) is 0 Å². The summed E-state index contributed by atoms with van der Waals surface area (Å²) >= 11 is 6.09. The van der Waals surface area contributed by atoms with Gasteiger partial charge in [-0.05, 0) is 61.0 Å². The summed E-state index contributed by atoms with van der Waals surface area (Å²) in [5, 5.41) is 0.288. The van der Waals surface area contributed by atoms with Crippen molar-refractivity contribution >= 4 is 35.5 Å². The van der Waals surface area contributed by atoms with Crippen molar-refractivity contribution in [3.8, 4) is 17.2 Å². The van der Waals surface area contributed by atoms with Crippen LogP contribution in [0, 0.1) is 0 Å². The predicted molar refractivity (Wildman–Crippen MR) is 128 cm³/mol. The van der Waals surface area contributed by atoms with Crippen molar-refractivity contribution in [2.24, 2.45) is 4.99 Å². The van der Waals surface area contributed by atoms with Gasteiger partial charge in [0.1, 0.15) is 5.75 Å². The van der Waals surface area contributed by atoms with Crippen LogP contribution in [0.3, 0.4) is 0 Å². The minimum Gasteiger partial charge on any atom is -0.497 e. The van der Waals surface area contributed by atoms with E-state index in [1.54, 1.807) is 79.9 Å². The van der Waals surface area contributed by atoms with Crippen LogP contribution < -0.4 is 14.2 Å². The fourth-order valence-corrected chi connectivity index (χ4v) is 3.41. The summed E-state index contributed by atoms with van der Waals surface area (Å²) < 4.78 is 21.7. The topological polar surface area (TPSA) is 83.4 Å². The summed E-state index contributed by atoms with van der Waals surface area (Å²) in [4.78, 5) is 29.2. The molecule has 4 rings (SSSR count). The second-order valence-corrected chi connectivity index (χ2v) is 7.48. The molecule has 1 aliphatic heterocycles. The molecule has 0 fully saturated rings. The number of esters is 2. The monoisotopic (exact) mass is 477 g/mol. The first-order valence-corrected chi connectivity index (χ1v) is 10.8. The van der Waals surface area contributed by atoms with Crippen molar-refractivity contribution in [2.75, 3.05) is 13.7 Å². The Morgan fingerprint density at radius 2 is 1.88 bits per heavy atom. The Kier molecular flexibility index (Phi) is 6.94. The molecule has 3 aromatic rings. The summed E-state index contributed by atoms with van der Waals surface area (Å²) in [7, 11) is 1.55. The highest BCUT2D eigenvalue weighted by molar-refractivity contribution is 6.33. The first kappa shape index (κ1) is 23.1. The van der Waals surface area contributed by atoms with Crippen LogP contribution in [-0.2, 0) is 9.53 Å². The molecule has 0 saturated carbocycles. The van der Waals surface area contributed by atoms with E-state index < -0.39 is 11.9 Å². The van der Waals surface area contributed by atoms with E-state index in [1.807, 2.05) is 6.92 Å². The smallest absolute Gasteiger partial charge is 0.363 e. The van der Waals surface area contributed by atoms with Gasteiger partial charge in [-0.2, -0.15) is 0 Å². The highest BCUT2D eigenvalue weighted by Gasteiger charge is 2.25. The molecular weight excluding hydrogens is 458 g/mol. The van der Waals surface area contributed by atoms with Gasteiger partial charge in [0.15, 0.2) is 17.2 Å². The second kappa shape index (κ2) is 10.2. The van der Waals surface area contributed by atoms with Crippen LogP contribution in [-0.4, -0.2) is 31.6 Å². The highest BCUT2D eigenvalue weighted by Crippen LogP contribution is 2.31. The number of aliphatic imine (C=N–C) groups is 1. The molecule has 0 N–H and O–H groups in total. The predicted octanol–water partition coefficient (Wildman–Crippen LogP) is 5.31. The first-order valence-electron chi connectivity index (χ1n) is 10.4. The molecule has 172 valence electrons. The number of benzene rings is 3. The molecule has 0 spiro atoms. The number of cyclic esters (lactones) is 1. The van der Waals surface area contributed by atoms with Crippen molar-refractivity contribution in [2.45, 2.75) is 6.92 Å². The number of methoxy groups -OCH3 is 1. The van der Waals surface area contributed by atoms with Gasteiger partial charge in [-0.25, -0.2) is 14.6 Å². The number of halogens is 1. The average molecular weight is 478 g/mol. The largest absolute Gasteiger partial charge is 0.497 e. The molecule has 7 nitrogen and oxygen atoms in total. The van der Waals surface area contributed by atoms with Gasteiger partial charge in [-0.1, -0.05) is 35.9 Å². The summed E-state index contributed by atoms with van der Waals surface area (Å²) in [5.41, 5.74) is 1.60. The van der Waals surface area contributed by atoms with E-state index >= 15 is 0 Å². The number of carbonyl (C=O) groups is 2. The lowest BCUT2D eigenvalue weighted by atomic mass is 10.1. The van der Waals surface area contributed by atoms with Gasteiger partial charge in [0.25, 0.3) is 0 Å². The molecule has 0 saturated heterocycles. The van der Waals surface area contributed by atoms with Crippen LogP contribution in [0.15, 0.2) is 77.4 Å². The quantitative estimate of drug-likeness (QED) is 0.260. The molecule has 0 amide bonds. The van der Waals surface area contributed by atoms with E-state index in [-0.39, 0.29) is 27.9 Å². The Balaban J connectivity index is 1.60. The third-order valence-corrected chi connectivity index (χ3v) is 5.13. The first-order chi connectivity index (χ1) is 16.5. The number of hydrogen-bond acceptors (Lipinski definition) is 7. The van der Waals surface area contributed by atoms with Gasteiger partial charge >= 0.3 is 11.9 Å². The minimum absolute atomic E-state index is 0.126. The van der Waals surface area contributed by atoms with Crippen molar-refractivity contribution in [1.29, 1.82) is 0 Å².